The van der Waals surface area contributed by atoms with Crippen molar-refractivity contribution in [2.75, 3.05) is 6.61 Å². The maximum absolute atomic E-state index is 5.54. The van der Waals surface area contributed by atoms with E-state index in [0.717, 1.165) is 25.2 Å². The van der Waals surface area contributed by atoms with Crippen LogP contribution < -0.4 is 4.74 Å². The van der Waals surface area contributed by atoms with E-state index in [0.29, 0.717) is 5.92 Å². The molecule has 0 bridgehead atoms. The van der Waals surface area contributed by atoms with Gasteiger partial charge in [-0.25, -0.2) is 0 Å². The van der Waals surface area contributed by atoms with Gasteiger partial charge in [-0.3, -0.25) is 0 Å². The van der Waals surface area contributed by atoms with Crippen LogP contribution in [0.4, 0.5) is 0 Å². The first-order valence-electron chi connectivity index (χ1n) is 5.90. The third-order valence-corrected chi connectivity index (χ3v) is 2.51. The van der Waals surface area contributed by atoms with Crippen LogP contribution in [-0.4, -0.2) is 6.61 Å². The zero-order valence-corrected chi connectivity index (χ0v) is 10.4. The quantitative estimate of drug-likeness (QED) is 0.676. The van der Waals surface area contributed by atoms with Gasteiger partial charge in [0.1, 0.15) is 5.75 Å². The lowest BCUT2D eigenvalue weighted by Crippen LogP contribution is -1.96. The minimum atomic E-state index is 0.493. The highest BCUT2D eigenvalue weighted by Crippen LogP contribution is 2.21. The molecule has 0 radical (unpaired) electrons. The SMILES string of the molecule is CC#CCC(C)c1ccc(OCCC)cc1. The second-order valence-electron chi connectivity index (χ2n) is 3.95. The molecule has 0 aliphatic carbocycles. The molecule has 0 aliphatic rings. The van der Waals surface area contributed by atoms with Gasteiger partial charge in [0.05, 0.1) is 6.61 Å². The smallest absolute Gasteiger partial charge is 0.119 e. The topological polar surface area (TPSA) is 9.23 Å². The summed E-state index contributed by atoms with van der Waals surface area (Å²) in [5, 5.41) is 0. The molecule has 1 rings (SSSR count). The number of hydrogen-bond acceptors (Lipinski definition) is 1. The van der Waals surface area contributed by atoms with Gasteiger partial charge in [-0.2, -0.15) is 0 Å². The zero-order chi connectivity index (χ0) is 11.8. The van der Waals surface area contributed by atoms with E-state index in [2.05, 4.69) is 37.8 Å². The van der Waals surface area contributed by atoms with Crippen LogP contribution in [0, 0.1) is 11.8 Å². The summed E-state index contributed by atoms with van der Waals surface area (Å²) in [6, 6.07) is 8.35. The average molecular weight is 216 g/mol. The van der Waals surface area contributed by atoms with Crippen LogP contribution in [0.1, 0.15) is 45.1 Å². The lowest BCUT2D eigenvalue weighted by atomic mass is 9.98. The van der Waals surface area contributed by atoms with Gasteiger partial charge in [0, 0.05) is 6.42 Å². The summed E-state index contributed by atoms with van der Waals surface area (Å²) in [5.74, 6) is 7.50. The molecule has 1 unspecified atom stereocenters. The van der Waals surface area contributed by atoms with Gasteiger partial charge in [0.15, 0.2) is 0 Å². The van der Waals surface area contributed by atoms with E-state index in [9.17, 15) is 0 Å². The molecule has 1 aromatic carbocycles. The van der Waals surface area contributed by atoms with E-state index in [1.807, 2.05) is 19.1 Å². The molecule has 1 heteroatoms. The standard InChI is InChI=1S/C15H20O/c1-4-6-7-13(3)14-8-10-15(11-9-14)16-12-5-2/h8-11,13H,5,7,12H2,1-3H3. The Morgan fingerprint density at radius 2 is 1.94 bits per heavy atom. The van der Waals surface area contributed by atoms with Crippen LogP contribution in [0.3, 0.4) is 0 Å². The van der Waals surface area contributed by atoms with Crippen molar-refractivity contribution in [3.05, 3.63) is 29.8 Å². The summed E-state index contributed by atoms with van der Waals surface area (Å²) in [5.41, 5.74) is 1.33. The lowest BCUT2D eigenvalue weighted by molar-refractivity contribution is 0.317. The molecule has 0 heterocycles. The Morgan fingerprint density at radius 1 is 1.25 bits per heavy atom. The first kappa shape index (κ1) is 12.6. The number of hydrogen-bond donors (Lipinski definition) is 0. The summed E-state index contributed by atoms with van der Waals surface area (Å²) in [6.45, 7) is 6.98. The van der Waals surface area contributed by atoms with Crippen molar-refractivity contribution in [1.29, 1.82) is 0 Å². The Morgan fingerprint density at radius 3 is 2.50 bits per heavy atom. The van der Waals surface area contributed by atoms with Crippen LogP contribution in [0.2, 0.25) is 0 Å². The predicted molar refractivity (Wildman–Crippen MR) is 68.7 cm³/mol. The van der Waals surface area contributed by atoms with E-state index in [1.54, 1.807) is 0 Å². The van der Waals surface area contributed by atoms with Crippen LogP contribution >= 0.6 is 0 Å². The van der Waals surface area contributed by atoms with Crippen LogP contribution in [0.15, 0.2) is 24.3 Å². The van der Waals surface area contributed by atoms with Crippen molar-refractivity contribution in [2.45, 2.75) is 39.5 Å². The molecule has 0 aromatic heterocycles. The van der Waals surface area contributed by atoms with E-state index in [1.165, 1.54) is 5.56 Å². The lowest BCUT2D eigenvalue weighted by Gasteiger charge is -2.10. The van der Waals surface area contributed by atoms with E-state index in [4.69, 9.17) is 4.74 Å². The highest BCUT2D eigenvalue weighted by Gasteiger charge is 2.03. The summed E-state index contributed by atoms with van der Waals surface area (Å²) >= 11 is 0. The molecule has 0 spiro atoms. The minimum absolute atomic E-state index is 0.493. The molecule has 0 saturated heterocycles. The van der Waals surface area contributed by atoms with Crippen molar-refractivity contribution in [2.24, 2.45) is 0 Å². The monoisotopic (exact) mass is 216 g/mol. The molecule has 86 valence electrons. The highest BCUT2D eigenvalue weighted by molar-refractivity contribution is 5.29. The maximum Gasteiger partial charge on any atom is 0.119 e. The van der Waals surface area contributed by atoms with Crippen LogP contribution in [-0.2, 0) is 0 Å². The molecular weight excluding hydrogens is 196 g/mol. The Hall–Kier alpha value is -1.42. The fourth-order valence-corrected chi connectivity index (χ4v) is 1.49. The van der Waals surface area contributed by atoms with E-state index >= 15 is 0 Å². The molecule has 1 atom stereocenters. The van der Waals surface area contributed by atoms with Gasteiger partial charge in [-0.1, -0.05) is 26.0 Å². The van der Waals surface area contributed by atoms with Crippen molar-refractivity contribution in [3.63, 3.8) is 0 Å². The maximum atomic E-state index is 5.54. The van der Waals surface area contributed by atoms with Gasteiger partial charge in [0.25, 0.3) is 0 Å². The zero-order valence-electron chi connectivity index (χ0n) is 10.4. The molecule has 1 nitrogen and oxygen atoms in total. The molecule has 16 heavy (non-hydrogen) atoms. The Kier molecular flexibility index (Phi) is 5.50. The summed E-state index contributed by atoms with van der Waals surface area (Å²) in [7, 11) is 0. The summed E-state index contributed by atoms with van der Waals surface area (Å²) < 4.78 is 5.54. The highest BCUT2D eigenvalue weighted by atomic mass is 16.5. The largest absolute Gasteiger partial charge is 0.494 e. The molecular formula is C15H20O. The second-order valence-corrected chi connectivity index (χ2v) is 3.95. The van der Waals surface area contributed by atoms with Gasteiger partial charge in [0.2, 0.25) is 0 Å². The van der Waals surface area contributed by atoms with Crippen molar-refractivity contribution >= 4 is 0 Å². The molecule has 0 aliphatic heterocycles. The van der Waals surface area contributed by atoms with Gasteiger partial charge >= 0.3 is 0 Å². The Labute approximate surface area is 98.8 Å². The van der Waals surface area contributed by atoms with Gasteiger partial charge < -0.3 is 4.74 Å². The number of benzene rings is 1. The van der Waals surface area contributed by atoms with Crippen LogP contribution in [0.25, 0.3) is 0 Å². The van der Waals surface area contributed by atoms with Gasteiger partial charge in [-0.05, 0) is 37.0 Å². The average Bonchev–Trinajstić information content (AvgIpc) is 2.34. The fourth-order valence-electron chi connectivity index (χ4n) is 1.49. The molecule has 1 aromatic rings. The van der Waals surface area contributed by atoms with E-state index < -0.39 is 0 Å². The third kappa shape index (κ3) is 3.98. The Balaban J connectivity index is 2.58. The minimum Gasteiger partial charge on any atom is -0.494 e. The second kappa shape index (κ2) is 6.95. The van der Waals surface area contributed by atoms with Crippen molar-refractivity contribution in [3.8, 4) is 17.6 Å². The molecule has 0 N–H and O–H groups in total. The third-order valence-electron chi connectivity index (χ3n) is 2.51. The molecule has 0 amide bonds. The van der Waals surface area contributed by atoms with Gasteiger partial charge in [-0.15, -0.1) is 11.8 Å². The van der Waals surface area contributed by atoms with Crippen LogP contribution in [0.5, 0.6) is 5.75 Å². The summed E-state index contributed by atoms with van der Waals surface area (Å²) in [4.78, 5) is 0. The number of ether oxygens (including phenoxy) is 1. The first-order valence-corrected chi connectivity index (χ1v) is 5.90. The number of rotatable bonds is 5. The van der Waals surface area contributed by atoms with E-state index in [-0.39, 0.29) is 0 Å². The Bertz CT molecular complexity index is 353. The summed E-state index contributed by atoms with van der Waals surface area (Å²) in [6.07, 6.45) is 1.97. The van der Waals surface area contributed by atoms with Crippen molar-refractivity contribution in [1.82, 2.24) is 0 Å². The molecule has 0 saturated carbocycles. The van der Waals surface area contributed by atoms with Crippen molar-refractivity contribution < 1.29 is 4.74 Å². The predicted octanol–water partition coefficient (Wildman–Crippen LogP) is 3.99. The fraction of sp³-hybridized carbons (Fsp3) is 0.467. The normalized spacial score (nSPS) is 11.4. The first-order chi connectivity index (χ1) is 7.77. The molecule has 0 fully saturated rings.